The van der Waals surface area contributed by atoms with Crippen molar-refractivity contribution in [2.75, 3.05) is 44.7 Å². The van der Waals surface area contributed by atoms with Crippen LogP contribution < -0.4 is 4.90 Å². The molecule has 1 saturated heterocycles. The zero-order valence-corrected chi connectivity index (χ0v) is 18.5. The van der Waals surface area contributed by atoms with Crippen molar-refractivity contribution in [1.82, 2.24) is 9.21 Å². The molecule has 0 aromatic heterocycles. The quantitative estimate of drug-likeness (QED) is 0.724. The minimum Gasteiger partial charge on any atom is -0.365 e. The van der Waals surface area contributed by atoms with E-state index in [9.17, 15) is 13.2 Å². The van der Waals surface area contributed by atoms with Crippen LogP contribution >= 0.6 is 11.6 Å². The van der Waals surface area contributed by atoms with Crippen molar-refractivity contribution in [2.45, 2.75) is 18.7 Å². The van der Waals surface area contributed by atoms with E-state index in [2.05, 4.69) is 6.07 Å². The number of piperazine rings is 1. The SMILES string of the molecule is Cc1cc(C)cc(N(C)CC(=O)N2CCN(S(=O)(=O)c3ccccc3Cl)CC2)c1. The van der Waals surface area contributed by atoms with E-state index in [-0.39, 0.29) is 35.5 Å². The molecule has 0 bridgehead atoms. The lowest BCUT2D eigenvalue weighted by Crippen LogP contribution is -2.52. The topological polar surface area (TPSA) is 60.9 Å². The van der Waals surface area contributed by atoms with Gasteiger partial charge in [-0.3, -0.25) is 4.79 Å². The summed E-state index contributed by atoms with van der Waals surface area (Å²) in [5.74, 6) is -0.0125. The second-order valence-electron chi connectivity index (χ2n) is 7.42. The van der Waals surface area contributed by atoms with E-state index >= 15 is 0 Å². The van der Waals surface area contributed by atoms with Gasteiger partial charge in [0.25, 0.3) is 0 Å². The molecule has 156 valence electrons. The summed E-state index contributed by atoms with van der Waals surface area (Å²) in [7, 11) is -1.77. The smallest absolute Gasteiger partial charge is 0.244 e. The Morgan fingerprint density at radius 2 is 1.62 bits per heavy atom. The molecular weight excluding hydrogens is 410 g/mol. The highest BCUT2D eigenvalue weighted by Gasteiger charge is 2.31. The number of nitrogens with zero attached hydrogens (tertiary/aromatic N) is 3. The standard InChI is InChI=1S/C21H26ClN3O3S/c1-16-12-17(2)14-18(13-16)23(3)15-21(26)24-8-10-25(11-9-24)29(27,28)20-7-5-4-6-19(20)22/h4-7,12-14H,8-11,15H2,1-3H3. The highest BCUT2D eigenvalue weighted by Crippen LogP contribution is 2.25. The molecule has 1 aliphatic rings. The molecule has 1 aliphatic heterocycles. The monoisotopic (exact) mass is 435 g/mol. The Balaban J connectivity index is 1.61. The molecule has 3 rings (SSSR count). The number of carbonyl (C=O) groups is 1. The molecule has 0 spiro atoms. The molecule has 2 aromatic carbocycles. The van der Waals surface area contributed by atoms with Crippen molar-refractivity contribution < 1.29 is 13.2 Å². The fraction of sp³-hybridized carbons (Fsp3) is 0.381. The van der Waals surface area contributed by atoms with Gasteiger partial charge in [-0.15, -0.1) is 0 Å². The van der Waals surface area contributed by atoms with Crippen molar-refractivity contribution in [3.63, 3.8) is 0 Å². The molecule has 8 heteroatoms. The predicted molar refractivity (Wildman–Crippen MR) is 116 cm³/mol. The van der Waals surface area contributed by atoms with Gasteiger partial charge in [-0.05, 0) is 49.2 Å². The summed E-state index contributed by atoms with van der Waals surface area (Å²) in [4.78, 5) is 16.5. The van der Waals surface area contributed by atoms with E-state index in [1.165, 1.54) is 10.4 Å². The van der Waals surface area contributed by atoms with E-state index in [1.807, 2.05) is 37.9 Å². The minimum atomic E-state index is -3.66. The van der Waals surface area contributed by atoms with Gasteiger partial charge in [0.15, 0.2) is 0 Å². The highest BCUT2D eigenvalue weighted by atomic mass is 35.5. The predicted octanol–water partition coefficient (Wildman–Crippen LogP) is 2.93. The Morgan fingerprint density at radius 1 is 1.03 bits per heavy atom. The number of benzene rings is 2. The van der Waals surface area contributed by atoms with Crippen LogP contribution in [-0.2, 0) is 14.8 Å². The van der Waals surface area contributed by atoms with Crippen LogP contribution in [0.1, 0.15) is 11.1 Å². The summed E-state index contributed by atoms with van der Waals surface area (Å²) in [6.07, 6.45) is 0. The van der Waals surface area contributed by atoms with Crippen LogP contribution in [-0.4, -0.2) is 63.3 Å². The normalized spacial score (nSPS) is 15.4. The Bertz CT molecular complexity index is 982. The summed E-state index contributed by atoms with van der Waals surface area (Å²) in [6.45, 7) is 5.56. The van der Waals surface area contributed by atoms with Gasteiger partial charge in [-0.25, -0.2) is 8.42 Å². The summed E-state index contributed by atoms with van der Waals surface area (Å²) in [6, 6.07) is 12.6. The van der Waals surface area contributed by atoms with Crippen LogP contribution in [0, 0.1) is 13.8 Å². The summed E-state index contributed by atoms with van der Waals surface area (Å²) in [5, 5.41) is 0.209. The lowest BCUT2D eigenvalue weighted by Gasteiger charge is -2.35. The third kappa shape index (κ3) is 4.91. The average molecular weight is 436 g/mol. The fourth-order valence-electron chi connectivity index (χ4n) is 3.54. The molecule has 0 saturated carbocycles. The summed E-state index contributed by atoms with van der Waals surface area (Å²) < 4.78 is 27.1. The molecule has 1 amide bonds. The first-order chi connectivity index (χ1) is 13.7. The number of aryl methyl sites for hydroxylation is 2. The molecule has 0 radical (unpaired) electrons. The summed E-state index contributed by atoms with van der Waals surface area (Å²) in [5.41, 5.74) is 3.30. The average Bonchev–Trinajstić information content (AvgIpc) is 2.67. The van der Waals surface area contributed by atoms with Gasteiger partial charge in [0.05, 0.1) is 11.6 Å². The van der Waals surface area contributed by atoms with Gasteiger partial charge in [0.1, 0.15) is 4.90 Å². The fourth-order valence-corrected chi connectivity index (χ4v) is 5.45. The largest absolute Gasteiger partial charge is 0.365 e. The molecule has 2 aromatic rings. The molecule has 0 unspecified atom stereocenters. The second kappa shape index (κ2) is 8.73. The number of hydrogen-bond acceptors (Lipinski definition) is 4. The molecule has 0 aliphatic carbocycles. The van der Waals surface area contributed by atoms with Crippen LogP contribution in [0.15, 0.2) is 47.4 Å². The maximum absolute atomic E-state index is 12.8. The van der Waals surface area contributed by atoms with Gasteiger partial charge in [0.2, 0.25) is 15.9 Å². The van der Waals surface area contributed by atoms with Gasteiger partial charge in [0, 0.05) is 38.9 Å². The van der Waals surface area contributed by atoms with Crippen molar-refractivity contribution in [3.8, 4) is 0 Å². The van der Waals surface area contributed by atoms with Crippen LogP contribution in [0.2, 0.25) is 5.02 Å². The second-order valence-corrected chi connectivity index (χ2v) is 9.73. The van der Waals surface area contributed by atoms with Crippen molar-refractivity contribution in [3.05, 3.63) is 58.6 Å². The maximum Gasteiger partial charge on any atom is 0.244 e. The molecule has 1 heterocycles. The molecule has 0 atom stereocenters. The minimum absolute atomic E-state index is 0.0125. The molecule has 29 heavy (non-hydrogen) atoms. The number of halogens is 1. The number of anilines is 1. The van der Waals surface area contributed by atoms with E-state index in [0.717, 1.165) is 16.8 Å². The van der Waals surface area contributed by atoms with Crippen LogP contribution in [0.4, 0.5) is 5.69 Å². The van der Waals surface area contributed by atoms with Crippen molar-refractivity contribution in [2.24, 2.45) is 0 Å². The first kappa shape index (κ1) is 21.6. The Kier molecular flexibility index (Phi) is 6.51. The van der Waals surface area contributed by atoms with E-state index < -0.39 is 10.0 Å². The van der Waals surface area contributed by atoms with Crippen LogP contribution in [0.25, 0.3) is 0 Å². The number of carbonyl (C=O) groups excluding carboxylic acids is 1. The van der Waals surface area contributed by atoms with E-state index in [4.69, 9.17) is 11.6 Å². The molecule has 1 fully saturated rings. The van der Waals surface area contributed by atoms with Gasteiger partial charge >= 0.3 is 0 Å². The van der Waals surface area contributed by atoms with Gasteiger partial charge in [-0.2, -0.15) is 4.31 Å². The van der Waals surface area contributed by atoms with Crippen molar-refractivity contribution in [1.29, 1.82) is 0 Å². The van der Waals surface area contributed by atoms with Crippen molar-refractivity contribution >= 4 is 33.2 Å². The number of hydrogen-bond donors (Lipinski definition) is 0. The first-order valence-corrected chi connectivity index (χ1v) is 11.3. The Labute approximate surface area is 177 Å². The van der Waals surface area contributed by atoms with Crippen LogP contribution in [0.3, 0.4) is 0 Å². The summed E-state index contributed by atoms with van der Waals surface area (Å²) >= 11 is 6.07. The third-order valence-electron chi connectivity index (χ3n) is 5.07. The Hall–Kier alpha value is -2.09. The van der Waals surface area contributed by atoms with E-state index in [0.29, 0.717) is 13.1 Å². The zero-order valence-electron chi connectivity index (χ0n) is 16.9. The maximum atomic E-state index is 12.8. The Morgan fingerprint density at radius 3 is 2.21 bits per heavy atom. The number of rotatable bonds is 5. The van der Waals surface area contributed by atoms with Crippen LogP contribution in [0.5, 0.6) is 0 Å². The molecular formula is C21H26ClN3O3S. The third-order valence-corrected chi connectivity index (χ3v) is 7.46. The zero-order chi connectivity index (χ0) is 21.2. The lowest BCUT2D eigenvalue weighted by molar-refractivity contribution is -0.130. The first-order valence-electron chi connectivity index (χ1n) is 9.50. The number of amides is 1. The van der Waals surface area contributed by atoms with Gasteiger partial charge < -0.3 is 9.80 Å². The number of likely N-dealkylation sites (N-methyl/N-ethyl adjacent to an activating group) is 1. The van der Waals surface area contributed by atoms with Gasteiger partial charge in [-0.1, -0.05) is 29.8 Å². The molecule has 0 N–H and O–H groups in total. The molecule has 6 nitrogen and oxygen atoms in total. The van der Waals surface area contributed by atoms with E-state index in [1.54, 1.807) is 23.1 Å². The lowest BCUT2D eigenvalue weighted by atomic mass is 10.1. The number of sulfonamides is 1. The highest BCUT2D eigenvalue weighted by molar-refractivity contribution is 7.89.